The van der Waals surface area contributed by atoms with Gasteiger partial charge in [0.15, 0.2) is 0 Å². The summed E-state index contributed by atoms with van der Waals surface area (Å²) in [5.74, 6) is 0.105. The highest BCUT2D eigenvalue weighted by Crippen LogP contribution is 2.22. The van der Waals surface area contributed by atoms with Crippen LogP contribution in [-0.2, 0) is 9.59 Å². The lowest BCUT2D eigenvalue weighted by Gasteiger charge is -2.27. The van der Waals surface area contributed by atoms with E-state index < -0.39 is 5.41 Å². The lowest BCUT2D eigenvalue weighted by atomic mass is 9.87. The zero-order valence-electron chi connectivity index (χ0n) is 12.2. The van der Waals surface area contributed by atoms with Gasteiger partial charge in [0.05, 0.1) is 0 Å². The van der Waals surface area contributed by atoms with Crippen molar-refractivity contribution in [3.63, 3.8) is 0 Å². The Morgan fingerprint density at radius 3 is 1.88 bits per heavy atom. The third kappa shape index (κ3) is 5.20. The third-order valence-corrected chi connectivity index (χ3v) is 2.70. The lowest BCUT2D eigenvalue weighted by Crippen LogP contribution is -2.41. The van der Waals surface area contributed by atoms with Gasteiger partial charge in [0.2, 0.25) is 11.8 Å². The number of rotatable bonds is 4. The molecular formula is C13H26N2O2. The van der Waals surface area contributed by atoms with Gasteiger partial charge in [-0.2, -0.15) is 0 Å². The minimum Gasteiger partial charge on any atom is -0.356 e. The molecule has 0 saturated heterocycles. The van der Waals surface area contributed by atoms with Gasteiger partial charge in [-0.1, -0.05) is 34.6 Å². The van der Waals surface area contributed by atoms with Crippen LogP contribution in [0.25, 0.3) is 0 Å². The fourth-order valence-corrected chi connectivity index (χ4v) is 1.47. The molecule has 0 aromatic heterocycles. The maximum Gasteiger partial charge on any atom is 0.227 e. The van der Waals surface area contributed by atoms with Crippen molar-refractivity contribution in [1.82, 2.24) is 10.2 Å². The normalized spacial score (nSPS) is 12.2. The zero-order chi connectivity index (χ0) is 13.9. The van der Waals surface area contributed by atoms with E-state index in [1.807, 2.05) is 34.6 Å². The van der Waals surface area contributed by atoms with E-state index in [0.29, 0.717) is 13.0 Å². The second-order valence-corrected chi connectivity index (χ2v) is 6.34. The first-order valence-corrected chi connectivity index (χ1v) is 5.98. The van der Waals surface area contributed by atoms with Gasteiger partial charge in [-0.25, -0.2) is 0 Å². The predicted octanol–water partition coefficient (Wildman–Crippen LogP) is 1.65. The molecule has 0 aromatic rings. The fraction of sp³-hybridized carbons (Fsp3) is 0.846. The topological polar surface area (TPSA) is 49.4 Å². The summed E-state index contributed by atoms with van der Waals surface area (Å²) in [5.41, 5.74) is -0.815. The molecule has 0 aromatic carbocycles. The Morgan fingerprint density at radius 2 is 1.53 bits per heavy atom. The van der Waals surface area contributed by atoms with E-state index in [2.05, 4.69) is 5.32 Å². The van der Waals surface area contributed by atoms with Crippen molar-refractivity contribution in [2.45, 2.75) is 41.0 Å². The van der Waals surface area contributed by atoms with Crippen LogP contribution in [0.3, 0.4) is 0 Å². The average Bonchev–Trinajstić information content (AvgIpc) is 2.14. The van der Waals surface area contributed by atoms with Gasteiger partial charge in [-0.05, 0) is 6.42 Å². The molecule has 0 unspecified atom stereocenters. The fourth-order valence-electron chi connectivity index (χ4n) is 1.47. The first-order valence-electron chi connectivity index (χ1n) is 5.98. The number of amides is 2. The minimum absolute atomic E-state index is 0.0191. The van der Waals surface area contributed by atoms with Gasteiger partial charge in [0, 0.05) is 31.5 Å². The molecule has 0 rings (SSSR count). The van der Waals surface area contributed by atoms with Crippen molar-refractivity contribution in [3.8, 4) is 0 Å². The van der Waals surface area contributed by atoms with E-state index >= 15 is 0 Å². The highest BCUT2D eigenvalue weighted by molar-refractivity contribution is 5.82. The predicted molar refractivity (Wildman–Crippen MR) is 69.6 cm³/mol. The molecular weight excluding hydrogens is 216 g/mol. The van der Waals surface area contributed by atoms with Gasteiger partial charge < -0.3 is 10.2 Å². The number of nitrogens with one attached hydrogen (secondary N) is 1. The summed E-state index contributed by atoms with van der Waals surface area (Å²) >= 11 is 0. The Hall–Kier alpha value is -1.06. The molecule has 4 nitrogen and oxygen atoms in total. The van der Waals surface area contributed by atoms with Crippen LogP contribution in [-0.4, -0.2) is 37.4 Å². The van der Waals surface area contributed by atoms with Crippen LogP contribution >= 0.6 is 0 Å². The summed E-state index contributed by atoms with van der Waals surface area (Å²) in [7, 11) is 3.50. The first kappa shape index (κ1) is 15.9. The summed E-state index contributed by atoms with van der Waals surface area (Å²) in [4.78, 5) is 25.1. The monoisotopic (exact) mass is 242 g/mol. The van der Waals surface area contributed by atoms with Crippen LogP contribution < -0.4 is 5.32 Å². The van der Waals surface area contributed by atoms with Crippen molar-refractivity contribution in [1.29, 1.82) is 0 Å². The second kappa shape index (κ2) is 5.52. The van der Waals surface area contributed by atoms with Gasteiger partial charge in [0.25, 0.3) is 0 Å². The van der Waals surface area contributed by atoms with E-state index in [1.54, 1.807) is 19.0 Å². The summed E-state index contributed by atoms with van der Waals surface area (Å²) in [6, 6.07) is 0. The molecule has 100 valence electrons. The number of carbonyl (C=O) groups excluding carboxylic acids is 2. The smallest absolute Gasteiger partial charge is 0.227 e. The van der Waals surface area contributed by atoms with Crippen molar-refractivity contribution >= 4 is 11.8 Å². The molecule has 0 radical (unpaired) electrons. The van der Waals surface area contributed by atoms with Crippen LogP contribution in [0.2, 0.25) is 0 Å². The number of nitrogens with zero attached hydrogens (tertiary/aromatic N) is 1. The molecule has 0 aliphatic heterocycles. The van der Waals surface area contributed by atoms with Crippen molar-refractivity contribution < 1.29 is 9.59 Å². The van der Waals surface area contributed by atoms with Crippen molar-refractivity contribution in [2.24, 2.45) is 10.8 Å². The molecule has 0 fully saturated rings. The van der Waals surface area contributed by atoms with Crippen molar-refractivity contribution in [2.75, 3.05) is 20.6 Å². The molecule has 0 saturated carbocycles. The molecule has 0 atom stereocenters. The summed E-state index contributed by atoms with van der Waals surface area (Å²) in [6.45, 7) is 9.95. The Bertz CT molecular complexity index is 288. The molecule has 0 heterocycles. The van der Waals surface area contributed by atoms with Gasteiger partial charge in [-0.3, -0.25) is 9.59 Å². The summed E-state index contributed by atoms with van der Waals surface area (Å²) < 4.78 is 0. The maximum absolute atomic E-state index is 11.9. The maximum atomic E-state index is 11.9. The van der Waals surface area contributed by atoms with Crippen molar-refractivity contribution in [3.05, 3.63) is 0 Å². The molecule has 0 spiro atoms. The van der Waals surface area contributed by atoms with Crippen LogP contribution in [0.1, 0.15) is 41.0 Å². The van der Waals surface area contributed by atoms with E-state index in [4.69, 9.17) is 0 Å². The van der Waals surface area contributed by atoms with Crippen LogP contribution in [0.4, 0.5) is 0 Å². The quantitative estimate of drug-likeness (QED) is 0.815. The molecule has 0 bridgehead atoms. The summed E-state index contributed by atoms with van der Waals surface area (Å²) in [5, 5.41) is 2.86. The number of hydrogen-bond acceptors (Lipinski definition) is 2. The Balaban J connectivity index is 4.22. The van der Waals surface area contributed by atoms with E-state index in [-0.39, 0.29) is 17.2 Å². The largest absolute Gasteiger partial charge is 0.356 e. The number of carbonyl (C=O) groups is 2. The average molecular weight is 242 g/mol. The summed E-state index contributed by atoms with van der Waals surface area (Å²) in [6.07, 6.45) is 0.645. The van der Waals surface area contributed by atoms with E-state index in [0.717, 1.165) is 0 Å². The third-order valence-electron chi connectivity index (χ3n) is 2.70. The van der Waals surface area contributed by atoms with Gasteiger partial charge >= 0.3 is 0 Å². The molecule has 0 aliphatic carbocycles. The van der Waals surface area contributed by atoms with Gasteiger partial charge in [-0.15, -0.1) is 0 Å². The van der Waals surface area contributed by atoms with Crippen LogP contribution in [0, 0.1) is 10.8 Å². The molecule has 2 amide bonds. The van der Waals surface area contributed by atoms with Gasteiger partial charge in [0.1, 0.15) is 0 Å². The van der Waals surface area contributed by atoms with Crippen LogP contribution in [0.15, 0.2) is 0 Å². The standard InChI is InChI=1S/C13H26N2O2/c1-12(2,3)10(16)14-9-8-13(4,5)11(17)15(6)7/h8-9H2,1-7H3,(H,14,16). The zero-order valence-corrected chi connectivity index (χ0v) is 12.2. The molecule has 17 heavy (non-hydrogen) atoms. The SMILES string of the molecule is CN(C)C(=O)C(C)(C)CCNC(=O)C(C)(C)C. The van der Waals surface area contributed by atoms with E-state index in [9.17, 15) is 9.59 Å². The second-order valence-electron chi connectivity index (χ2n) is 6.34. The highest BCUT2D eigenvalue weighted by atomic mass is 16.2. The van der Waals surface area contributed by atoms with E-state index in [1.165, 1.54) is 0 Å². The Morgan fingerprint density at radius 1 is 1.06 bits per heavy atom. The molecule has 1 N–H and O–H groups in total. The first-order chi connectivity index (χ1) is 7.48. The number of hydrogen-bond donors (Lipinski definition) is 1. The Labute approximate surface area is 105 Å². The lowest BCUT2D eigenvalue weighted by molar-refractivity contribution is -0.138. The Kier molecular flexibility index (Phi) is 5.17. The molecule has 4 heteroatoms. The minimum atomic E-state index is -0.436. The highest BCUT2D eigenvalue weighted by Gasteiger charge is 2.29. The van der Waals surface area contributed by atoms with Crippen LogP contribution in [0.5, 0.6) is 0 Å². The molecule has 0 aliphatic rings.